The highest BCUT2D eigenvalue weighted by atomic mass is 35.5. The van der Waals surface area contributed by atoms with Gasteiger partial charge < -0.3 is 30.0 Å². The molecule has 0 saturated heterocycles. The molecule has 1 aliphatic rings. The molecule has 2 aromatic carbocycles. The van der Waals surface area contributed by atoms with E-state index in [-0.39, 0.29) is 24.5 Å². The first kappa shape index (κ1) is 35.0. The third-order valence-electron chi connectivity index (χ3n) is 7.67. The number of amides is 1. The zero-order chi connectivity index (χ0) is 29.0. The first-order chi connectivity index (χ1) is 19.3. The van der Waals surface area contributed by atoms with Crippen LogP contribution in [0, 0.1) is 0 Å². The van der Waals surface area contributed by atoms with E-state index in [2.05, 4.69) is 48.7 Å². The Balaban J connectivity index is 0.00000588. The molecule has 0 heterocycles. The van der Waals surface area contributed by atoms with Gasteiger partial charge in [0, 0.05) is 26.1 Å². The van der Waals surface area contributed by atoms with Crippen LogP contribution >= 0.6 is 12.4 Å². The van der Waals surface area contributed by atoms with E-state index in [9.17, 15) is 9.90 Å². The summed E-state index contributed by atoms with van der Waals surface area (Å²) in [4.78, 5) is 12.0. The molecule has 3 N–H and O–H groups in total. The minimum absolute atomic E-state index is 0. The number of benzene rings is 2. The third kappa shape index (κ3) is 10.5. The molecule has 0 aliphatic heterocycles. The van der Waals surface area contributed by atoms with Crippen LogP contribution in [0.4, 0.5) is 4.39 Å². The number of nitrogens with one attached hydrogen (secondary N) is 2. The Morgan fingerprint density at radius 1 is 1.00 bits per heavy atom. The molecule has 3 atom stereocenters. The highest BCUT2D eigenvalue weighted by Gasteiger charge is 2.37. The number of alkyl halides is 1. The van der Waals surface area contributed by atoms with Gasteiger partial charge in [-0.25, -0.2) is 4.39 Å². The average Bonchev–Trinajstić information content (AvgIpc) is 2.96. The number of ether oxygens (including phenoxy) is 3. The molecule has 41 heavy (non-hydrogen) atoms. The van der Waals surface area contributed by atoms with Crippen LogP contribution in [0.3, 0.4) is 0 Å². The van der Waals surface area contributed by atoms with E-state index in [1.54, 1.807) is 31.4 Å². The fourth-order valence-corrected chi connectivity index (χ4v) is 5.39. The summed E-state index contributed by atoms with van der Waals surface area (Å²) < 4.78 is 32.0. The Labute approximate surface area is 250 Å². The Morgan fingerprint density at radius 3 is 2.37 bits per heavy atom. The highest BCUT2D eigenvalue weighted by Crippen LogP contribution is 2.38. The van der Waals surface area contributed by atoms with Crippen LogP contribution in [-0.4, -0.2) is 63.2 Å². The van der Waals surface area contributed by atoms with Crippen molar-refractivity contribution >= 4 is 18.3 Å². The van der Waals surface area contributed by atoms with Gasteiger partial charge in [-0.1, -0.05) is 69.5 Å². The van der Waals surface area contributed by atoms with E-state index in [0.29, 0.717) is 43.7 Å². The van der Waals surface area contributed by atoms with E-state index in [1.807, 2.05) is 0 Å². The molecule has 0 spiro atoms. The summed E-state index contributed by atoms with van der Waals surface area (Å²) in [7, 11) is 1.61. The van der Waals surface area contributed by atoms with E-state index in [0.717, 1.165) is 25.7 Å². The van der Waals surface area contributed by atoms with Gasteiger partial charge >= 0.3 is 0 Å². The van der Waals surface area contributed by atoms with Crippen LogP contribution in [0.2, 0.25) is 0 Å². The third-order valence-corrected chi connectivity index (χ3v) is 7.67. The first-order valence-electron chi connectivity index (χ1n) is 14.5. The molecule has 0 bridgehead atoms. The topological polar surface area (TPSA) is 89.0 Å². The summed E-state index contributed by atoms with van der Waals surface area (Å²) in [5.41, 5.74) is 2.51. The predicted octanol–water partition coefficient (Wildman–Crippen LogP) is 5.60. The fraction of sp³-hybridized carbons (Fsp3) is 0.594. The molecule has 0 unspecified atom stereocenters. The number of hydrogen-bond acceptors (Lipinski definition) is 6. The second kappa shape index (κ2) is 17.7. The van der Waals surface area contributed by atoms with Crippen LogP contribution in [0.15, 0.2) is 48.5 Å². The molecule has 1 amide bonds. The monoisotopic (exact) mass is 594 g/mol. The SMILES string of the molecule is COCCOCCOc1cccc([C@H](F)[C@@H](NC(C)=O)[C@H](O)CNC2(c3cccc(C(C)C)c3)CCCCC2)c1.Cl. The zero-order valence-corrected chi connectivity index (χ0v) is 25.7. The lowest BCUT2D eigenvalue weighted by Crippen LogP contribution is -2.53. The normalized spacial score (nSPS) is 16.9. The number of carbonyl (C=O) groups excluding carboxylic acids is 1. The molecule has 3 rings (SSSR count). The van der Waals surface area contributed by atoms with Gasteiger partial charge in [0.2, 0.25) is 5.91 Å². The van der Waals surface area contributed by atoms with Crippen molar-refractivity contribution in [2.75, 3.05) is 40.1 Å². The van der Waals surface area contributed by atoms with Gasteiger partial charge in [0.1, 0.15) is 18.5 Å². The van der Waals surface area contributed by atoms with E-state index < -0.39 is 24.2 Å². The van der Waals surface area contributed by atoms with Gasteiger partial charge in [-0.05, 0) is 47.6 Å². The molecule has 1 fully saturated rings. The fourth-order valence-electron chi connectivity index (χ4n) is 5.39. The lowest BCUT2D eigenvalue weighted by atomic mass is 9.75. The quantitative estimate of drug-likeness (QED) is 0.219. The average molecular weight is 595 g/mol. The summed E-state index contributed by atoms with van der Waals surface area (Å²) in [6, 6.07) is 14.2. The summed E-state index contributed by atoms with van der Waals surface area (Å²) in [6.07, 6.45) is 2.45. The Kier molecular flexibility index (Phi) is 15.1. The summed E-state index contributed by atoms with van der Waals surface area (Å²) in [5, 5.41) is 17.5. The molecule has 0 aromatic heterocycles. The van der Waals surface area contributed by atoms with Gasteiger partial charge in [0.25, 0.3) is 0 Å². The number of aliphatic hydroxyl groups excluding tert-OH is 1. The standard InChI is InChI=1S/C32H47FN2O5.ClH/c1-23(2)25-10-8-12-27(20-25)32(14-6-5-7-15-32)34-22-29(37)31(35-24(3)36)30(33)26-11-9-13-28(21-26)40-19-18-39-17-16-38-4;/h8-13,20-21,23,29-31,34,37H,5-7,14-19,22H2,1-4H3,(H,35,36);1H/t29-,30+,31+;/m1./s1. The zero-order valence-electron chi connectivity index (χ0n) is 24.9. The van der Waals surface area contributed by atoms with Crippen LogP contribution in [0.5, 0.6) is 5.75 Å². The van der Waals surface area contributed by atoms with E-state index in [4.69, 9.17) is 14.2 Å². The molecule has 0 radical (unpaired) electrons. The molecule has 2 aromatic rings. The van der Waals surface area contributed by atoms with Crippen LogP contribution in [-0.2, 0) is 19.8 Å². The Bertz CT molecular complexity index is 1050. The number of methoxy groups -OCH3 is 1. The van der Waals surface area contributed by atoms with Crippen molar-refractivity contribution in [3.63, 3.8) is 0 Å². The molecule has 230 valence electrons. The number of hydrogen-bond donors (Lipinski definition) is 3. The molecule has 9 heteroatoms. The van der Waals surface area contributed by atoms with Crippen LogP contribution in [0.1, 0.15) is 81.7 Å². The predicted molar refractivity (Wildman–Crippen MR) is 163 cm³/mol. The highest BCUT2D eigenvalue weighted by molar-refractivity contribution is 5.85. The Hall–Kier alpha value is -2.23. The number of aliphatic hydroxyl groups is 1. The molecular formula is C32H48ClFN2O5. The van der Waals surface area contributed by atoms with E-state index in [1.165, 1.54) is 24.5 Å². The van der Waals surface area contributed by atoms with Crippen molar-refractivity contribution in [3.8, 4) is 5.75 Å². The van der Waals surface area contributed by atoms with Crippen molar-refractivity contribution in [3.05, 3.63) is 65.2 Å². The van der Waals surface area contributed by atoms with Gasteiger partial charge in [-0.2, -0.15) is 0 Å². The Morgan fingerprint density at radius 2 is 1.68 bits per heavy atom. The summed E-state index contributed by atoms with van der Waals surface area (Å²) in [6.45, 7) is 7.52. The number of rotatable bonds is 16. The lowest BCUT2D eigenvalue weighted by Gasteiger charge is -2.41. The summed E-state index contributed by atoms with van der Waals surface area (Å²) in [5.74, 6) is 0.505. The van der Waals surface area contributed by atoms with Gasteiger partial charge in [0.05, 0.1) is 32.0 Å². The van der Waals surface area contributed by atoms with Gasteiger partial charge in [0.15, 0.2) is 0 Å². The van der Waals surface area contributed by atoms with Gasteiger partial charge in [-0.3, -0.25) is 4.79 Å². The number of carbonyl (C=O) groups is 1. The van der Waals surface area contributed by atoms with Crippen molar-refractivity contribution in [1.29, 1.82) is 0 Å². The first-order valence-corrected chi connectivity index (χ1v) is 14.5. The maximum atomic E-state index is 15.9. The second-order valence-corrected chi connectivity index (χ2v) is 11.0. The maximum Gasteiger partial charge on any atom is 0.217 e. The second-order valence-electron chi connectivity index (χ2n) is 11.0. The minimum Gasteiger partial charge on any atom is -0.491 e. The van der Waals surface area contributed by atoms with Crippen molar-refractivity contribution < 1.29 is 28.5 Å². The van der Waals surface area contributed by atoms with Crippen molar-refractivity contribution in [1.82, 2.24) is 10.6 Å². The molecule has 1 aliphatic carbocycles. The van der Waals surface area contributed by atoms with Crippen molar-refractivity contribution in [2.45, 2.75) is 82.6 Å². The summed E-state index contributed by atoms with van der Waals surface area (Å²) >= 11 is 0. The maximum absolute atomic E-state index is 15.9. The number of halogens is 2. The van der Waals surface area contributed by atoms with Crippen LogP contribution in [0.25, 0.3) is 0 Å². The van der Waals surface area contributed by atoms with Gasteiger partial charge in [-0.15, -0.1) is 12.4 Å². The smallest absolute Gasteiger partial charge is 0.217 e. The molecule has 1 saturated carbocycles. The largest absolute Gasteiger partial charge is 0.491 e. The minimum atomic E-state index is -1.63. The molecule has 7 nitrogen and oxygen atoms in total. The van der Waals surface area contributed by atoms with Crippen molar-refractivity contribution in [2.24, 2.45) is 0 Å². The van der Waals surface area contributed by atoms with E-state index >= 15 is 4.39 Å². The lowest BCUT2D eigenvalue weighted by molar-refractivity contribution is -0.121. The van der Waals surface area contributed by atoms with Crippen LogP contribution < -0.4 is 15.4 Å². The molecular weight excluding hydrogens is 547 g/mol.